The first-order valence-corrected chi connectivity index (χ1v) is 8.44. The zero-order chi connectivity index (χ0) is 13.2. The van der Waals surface area contributed by atoms with Crippen LogP contribution < -0.4 is 5.32 Å². The summed E-state index contributed by atoms with van der Waals surface area (Å²) < 4.78 is 1.27. The van der Waals surface area contributed by atoms with Gasteiger partial charge in [0.1, 0.15) is 0 Å². The predicted octanol–water partition coefficient (Wildman–Crippen LogP) is 4.58. The fourth-order valence-corrected chi connectivity index (χ4v) is 4.76. The number of benzene rings is 1. The minimum atomic E-state index is 0.485. The summed E-state index contributed by atoms with van der Waals surface area (Å²) in [6.07, 6.45) is 3.65. The highest BCUT2D eigenvalue weighted by Gasteiger charge is 2.28. The van der Waals surface area contributed by atoms with Gasteiger partial charge in [-0.05, 0) is 70.7 Å². The number of aryl methyl sites for hydroxylation is 1. The third-order valence-corrected chi connectivity index (χ3v) is 6.04. The monoisotopic (exact) mass is 335 g/mol. The van der Waals surface area contributed by atoms with Crippen molar-refractivity contribution in [1.29, 1.82) is 0 Å². The molecule has 0 saturated carbocycles. The Labute approximate surface area is 127 Å². The van der Waals surface area contributed by atoms with E-state index in [0.717, 1.165) is 6.42 Å². The van der Waals surface area contributed by atoms with Crippen LogP contribution in [-0.4, -0.2) is 7.05 Å². The highest BCUT2D eigenvalue weighted by atomic mass is 79.9. The predicted molar refractivity (Wildman–Crippen MR) is 85.8 cm³/mol. The van der Waals surface area contributed by atoms with Crippen molar-refractivity contribution in [3.63, 3.8) is 0 Å². The lowest BCUT2D eigenvalue weighted by Gasteiger charge is -2.33. The van der Waals surface area contributed by atoms with E-state index in [9.17, 15) is 0 Å². The number of thiophene rings is 1. The van der Waals surface area contributed by atoms with Crippen molar-refractivity contribution in [3.8, 4) is 0 Å². The summed E-state index contributed by atoms with van der Waals surface area (Å²) in [7, 11) is 2.09. The molecule has 0 bridgehead atoms. The maximum atomic E-state index is 3.66. The number of hydrogen-bond donors (Lipinski definition) is 1. The molecular formula is C16H18BrNS. The van der Waals surface area contributed by atoms with Gasteiger partial charge in [0.05, 0.1) is 0 Å². The average Bonchev–Trinajstić information content (AvgIpc) is 2.84. The van der Waals surface area contributed by atoms with Crippen LogP contribution in [0.3, 0.4) is 0 Å². The third-order valence-electron chi connectivity index (χ3n) is 4.10. The van der Waals surface area contributed by atoms with Crippen LogP contribution in [-0.2, 0) is 12.8 Å². The molecular weight excluding hydrogens is 318 g/mol. The van der Waals surface area contributed by atoms with E-state index in [1.54, 1.807) is 0 Å². The first-order valence-electron chi connectivity index (χ1n) is 6.76. The van der Waals surface area contributed by atoms with E-state index in [1.807, 2.05) is 11.3 Å². The smallest absolute Gasteiger partial charge is 0.0352 e. The normalized spacial score (nSPS) is 22.2. The van der Waals surface area contributed by atoms with Crippen molar-refractivity contribution in [1.82, 2.24) is 5.32 Å². The fourth-order valence-electron chi connectivity index (χ4n) is 3.15. The first kappa shape index (κ1) is 13.3. The Hall–Kier alpha value is -0.640. The van der Waals surface area contributed by atoms with Crippen LogP contribution in [0.15, 0.2) is 40.2 Å². The van der Waals surface area contributed by atoms with E-state index < -0.39 is 0 Å². The van der Waals surface area contributed by atoms with E-state index in [-0.39, 0.29) is 0 Å². The molecule has 1 aromatic heterocycles. The van der Waals surface area contributed by atoms with Crippen molar-refractivity contribution in [2.75, 3.05) is 7.05 Å². The Morgan fingerprint density at radius 1 is 1.32 bits per heavy atom. The molecule has 2 aromatic rings. The molecule has 0 spiro atoms. The quantitative estimate of drug-likeness (QED) is 0.865. The lowest BCUT2D eigenvalue weighted by atomic mass is 9.78. The van der Waals surface area contributed by atoms with Gasteiger partial charge in [-0.2, -0.15) is 0 Å². The second kappa shape index (κ2) is 5.78. The van der Waals surface area contributed by atoms with Crippen LogP contribution in [0.5, 0.6) is 0 Å². The van der Waals surface area contributed by atoms with Gasteiger partial charge in [-0.3, -0.25) is 0 Å². The van der Waals surface area contributed by atoms with Crippen molar-refractivity contribution in [2.45, 2.75) is 25.3 Å². The summed E-state index contributed by atoms with van der Waals surface area (Å²) in [4.78, 5) is 1.48. The molecule has 1 nitrogen and oxygen atoms in total. The molecule has 1 aliphatic rings. The van der Waals surface area contributed by atoms with Crippen molar-refractivity contribution in [3.05, 3.63) is 56.2 Å². The maximum absolute atomic E-state index is 3.66. The lowest BCUT2D eigenvalue weighted by molar-refractivity contribution is 0.336. The van der Waals surface area contributed by atoms with Crippen molar-refractivity contribution in [2.24, 2.45) is 5.92 Å². The molecule has 0 amide bonds. The summed E-state index contributed by atoms with van der Waals surface area (Å²) in [5.41, 5.74) is 3.01. The Morgan fingerprint density at radius 2 is 2.16 bits per heavy atom. The molecule has 1 aliphatic carbocycles. The summed E-state index contributed by atoms with van der Waals surface area (Å²) in [6, 6.07) is 11.5. The van der Waals surface area contributed by atoms with Crippen molar-refractivity contribution >= 4 is 27.3 Å². The Morgan fingerprint density at radius 3 is 2.89 bits per heavy atom. The van der Waals surface area contributed by atoms with Crippen LogP contribution in [0.4, 0.5) is 0 Å². The lowest BCUT2D eigenvalue weighted by Crippen LogP contribution is -2.31. The standard InChI is InChI=1S/C16H18BrNS/c1-18-16-12(10-15-14(17)8-9-19-15)7-6-11-4-2-3-5-13(11)16/h2-5,8-9,12,16,18H,6-7,10H2,1H3. The summed E-state index contributed by atoms with van der Waals surface area (Å²) in [6.45, 7) is 0. The van der Waals surface area contributed by atoms with Gasteiger partial charge >= 0.3 is 0 Å². The van der Waals surface area contributed by atoms with E-state index >= 15 is 0 Å². The Balaban J connectivity index is 1.86. The summed E-state index contributed by atoms with van der Waals surface area (Å²) >= 11 is 5.52. The highest BCUT2D eigenvalue weighted by Crippen LogP contribution is 2.38. The average molecular weight is 336 g/mol. The van der Waals surface area contributed by atoms with Crippen LogP contribution in [0.25, 0.3) is 0 Å². The van der Waals surface area contributed by atoms with Gasteiger partial charge in [0.25, 0.3) is 0 Å². The molecule has 0 saturated heterocycles. The van der Waals surface area contributed by atoms with Crippen LogP contribution >= 0.6 is 27.3 Å². The number of hydrogen-bond acceptors (Lipinski definition) is 2. The van der Waals surface area contributed by atoms with E-state index in [0.29, 0.717) is 12.0 Å². The van der Waals surface area contributed by atoms with Gasteiger partial charge in [0.2, 0.25) is 0 Å². The molecule has 1 N–H and O–H groups in total. The van der Waals surface area contributed by atoms with Crippen molar-refractivity contribution < 1.29 is 0 Å². The van der Waals surface area contributed by atoms with Gasteiger partial charge in [0.15, 0.2) is 0 Å². The minimum absolute atomic E-state index is 0.485. The zero-order valence-electron chi connectivity index (χ0n) is 11.0. The topological polar surface area (TPSA) is 12.0 Å². The molecule has 0 fully saturated rings. The highest BCUT2D eigenvalue weighted by molar-refractivity contribution is 9.10. The molecule has 3 rings (SSSR count). The molecule has 1 aromatic carbocycles. The van der Waals surface area contributed by atoms with Crippen LogP contribution in [0.2, 0.25) is 0 Å². The molecule has 3 heteroatoms. The summed E-state index contributed by atoms with van der Waals surface area (Å²) in [5.74, 6) is 0.690. The second-order valence-corrected chi connectivity index (χ2v) is 7.01. The molecule has 2 unspecified atom stereocenters. The molecule has 0 radical (unpaired) electrons. The second-order valence-electron chi connectivity index (χ2n) is 5.16. The Bertz CT molecular complexity index is 563. The zero-order valence-corrected chi connectivity index (χ0v) is 13.4. The SMILES string of the molecule is CNC1c2ccccc2CCC1Cc1sccc1Br. The number of halogens is 1. The van der Waals surface area contributed by atoms with Crippen LogP contribution in [0, 0.1) is 5.92 Å². The van der Waals surface area contributed by atoms with E-state index in [2.05, 4.69) is 64.0 Å². The third kappa shape index (κ3) is 2.64. The van der Waals surface area contributed by atoms with Gasteiger partial charge < -0.3 is 5.32 Å². The largest absolute Gasteiger partial charge is 0.313 e. The summed E-state index contributed by atoms with van der Waals surface area (Å²) in [5, 5.41) is 5.70. The van der Waals surface area contributed by atoms with Crippen LogP contribution in [0.1, 0.15) is 28.5 Å². The first-order chi connectivity index (χ1) is 9.29. The number of fused-ring (bicyclic) bond motifs is 1. The minimum Gasteiger partial charge on any atom is -0.313 e. The van der Waals surface area contributed by atoms with E-state index in [4.69, 9.17) is 0 Å². The number of nitrogens with one attached hydrogen (secondary N) is 1. The molecule has 1 heterocycles. The van der Waals surface area contributed by atoms with Gasteiger partial charge in [0, 0.05) is 15.4 Å². The molecule has 2 atom stereocenters. The molecule has 0 aliphatic heterocycles. The number of rotatable bonds is 3. The molecule has 19 heavy (non-hydrogen) atoms. The maximum Gasteiger partial charge on any atom is 0.0352 e. The molecule has 100 valence electrons. The van der Waals surface area contributed by atoms with Gasteiger partial charge in [-0.15, -0.1) is 11.3 Å². The van der Waals surface area contributed by atoms with Gasteiger partial charge in [-0.25, -0.2) is 0 Å². The Kier molecular flexibility index (Phi) is 4.06. The van der Waals surface area contributed by atoms with Gasteiger partial charge in [-0.1, -0.05) is 24.3 Å². The fraction of sp³-hybridized carbons (Fsp3) is 0.375. The van der Waals surface area contributed by atoms with E-state index in [1.165, 1.54) is 33.3 Å².